The summed E-state index contributed by atoms with van der Waals surface area (Å²) in [6.07, 6.45) is 1.44. The molecule has 1 aromatic heterocycles. The van der Waals surface area contributed by atoms with Crippen LogP contribution in [0.5, 0.6) is 11.6 Å². The van der Waals surface area contributed by atoms with Gasteiger partial charge in [0.05, 0.1) is 32.2 Å². The normalized spacial score (nSPS) is 10.6. The van der Waals surface area contributed by atoms with Crippen LogP contribution in [0, 0.1) is 10.1 Å². The molecule has 0 spiro atoms. The van der Waals surface area contributed by atoms with E-state index in [1.165, 1.54) is 30.5 Å². The second-order valence-corrected chi connectivity index (χ2v) is 5.13. The molecule has 8 heteroatoms. The molecule has 0 radical (unpaired) electrons. The number of fused-ring (bicyclic) bond motifs is 1. The lowest BCUT2D eigenvalue weighted by Gasteiger charge is -2.06. The van der Waals surface area contributed by atoms with Gasteiger partial charge in [0.15, 0.2) is 0 Å². The number of nitro benzene ring substituents is 1. The Kier molecular flexibility index (Phi) is 3.79. The Bertz CT molecular complexity index is 869. The Balaban J connectivity index is 1.90. The zero-order valence-electron chi connectivity index (χ0n) is 10.9. The molecule has 0 saturated heterocycles. The van der Waals surface area contributed by atoms with Crippen LogP contribution in [-0.4, -0.2) is 14.9 Å². The smallest absolute Gasteiger partial charge is 0.269 e. The average molecular weight is 336 g/mol. The van der Waals surface area contributed by atoms with Crippen LogP contribution in [0.25, 0.3) is 11.0 Å². The monoisotopic (exact) mass is 335 g/mol. The zero-order valence-corrected chi connectivity index (χ0v) is 12.4. The van der Waals surface area contributed by atoms with Crippen molar-refractivity contribution in [1.82, 2.24) is 9.97 Å². The number of ether oxygens (including phenoxy) is 1. The van der Waals surface area contributed by atoms with Crippen molar-refractivity contribution in [2.45, 2.75) is 0 Å². The number of nitrogens with zero attached hydrogens (tertiary/aromatic N) is 3. The van der Waals surface area contributed by atoms with Crippen LogP contribution in [0.3, 0.4) is 0 Å². The molecule has 0 N–H and O–H groups in total. The van der Waals surface area contributed by atoms with Gasteiger partial charge in [-0.15, -0.1) is 0 Å². The molecule has 110 valence electrons. The average Bonchev–Trinajstić information content (AvgIpc) is 2.49. The zero-order chi connectivity index (χ0) is 15.7. The highest BCUT2D eigenvalue weighted by molar-refractivity contribution is 6.42. The maximum absolute atomic E-state index is 10.6. The van der Waals surface area contributed by atoms with Gasteiger partial charge in [-0.25, -0.2) is 9.97 Å². The second kappa shape index (κ2) is 5.75. The molecule has 0 fully saturated rings. The Morgan fingerprint density at radius 1 is 1.05 bits per heavy atom. The summed E-state index contributed by atoms with van der Waals surface area (Å²) in [4.78, 5) is 18.6. The lowest BCUT2D eigenvalue weighted by Crippen LogP contribution is -1.92. The van der Waals surface area contributed by atoms with Gasteiger partial charge in [-0.1, -0.05) is 23.2 Å². The van der Waals surface area contributed by atoms with Crippen molar-refractivity contribution in [3.05, 3.63) is 62.8 Å². The molecule has 3 aromatic rings. The number of hydrogen-bond donors (Lipinski definition) is 0. The number of halogens is 2. The molecular weight excluding hydrogens is 329 g/mol. The van der Waals surface area contributed by atoms with E-state index in [4.69, 9.17) is 27.9 Å². The van der Waals surface area contributed by atoms with Crippen LogP contribution >= 0.6 is 23.2 Å². The van der Waals surface area contributed by atoms with Gasteiger partial charge in [0.25, 0.3) is 5.69 Å². The molecule has 0 atom stereocenters. The van der Waals surface area contributed by atoms with Gasteiger partial charge in [-0.3, -0.25) is 10.1 Å². The second-order valence-electron chi connectivity index (χ2n) is 4.32. The topological polar surface area (TPSA) is 78.2 Å². The Morgan fingerprint density at radius 2 is 1.68 bits per heavy atom. The van der Waals surface area contributed by atoms with E-state index in [-0.39, 0.29) is 11.6 Å². The summed E-state index contributed by atoms with van der Waals surface area (Å²) in [6, 6.07) is 8.87. The predicted octanol–water partition coefficient (Wildman–Crippen LogP) is 4.64. The van der Waals surface area contributed by atoms with Gasteiger partial charge < -0.3 is 4.74 Å². The van der Waals surface area contributed by atoms with E-state index in [0.717, 1.165) is 0 Å². The van der Waals surface area contributed by atoms with E-state index in [1.54, 1.807) is 12.1 Å². The van der Waals surface area contributed by atoms with Gasteiger partial charge in [-0.2, -0.15) is 0 Å². The van der Waals surface area contributed by atoms with Crippen LogP contribution in [0.4, 0.5) is 5.69 Å². The standard InChI is InChI=1S/C14H7Cl2N3O3/c15-10-5-12-13(6-11(10)16)18-14(7-17-12)22-9-3-1-8(2-4-9)19(20)21/h1-7H. The number of hydrogen-bond acceptors (Lipinski definition) is 5. The van der Waals surface area contributed by atoms with E-state index >= 15 is 0 Å². The summed E-state index contributed by atoms with van der Waals surface area (Å²) in [7, 11) is 0. The molecule has 0 saturated carbocycles. The van der Waals surface area contributed by atoms with Gasteiger partial charge in [0, 0.05) is 12.1 Å². The van der Waals surface area contributed by atoms with Crippen LogP contribution in [0.15, 0.2) is 42.6 Å². The molecule has 0 amide bonds. The van der Waals surface area contributed by atoms with E-state index in [0.29, 0.717) is 26.8 Å². The number of benzene rings is 2. The van der Waals surface area contributed by atoms with E-state index in [2.05, 4.69) is 9.97 Å². The third-order valence-corrected chi connectivity index (χ3v) is 3.55. The molecule has 3 rings (SSSR count). The largest absolute Gasteiger partial charge is 0.437 e. The molecule has 0 unspecified atom stereocenters. The lowest BCUT2D eigenvalue weighted by molar-refractivity contribution is -0.384. The van der Waals surface area contributed by atoms with Gasteiger partial charge in [0.1, 0.15) is 5.75 Å². The molecule has 1 heterocycles. The fraction of sp³-hybridized carbons (Fsp3) is 0. The van der Waals surface area contributed by atoms with Gasteiger partial charge >= 0.3 is 0 Å². The highest BCUT2D eigenvalue weighted by Gasteiger charge is 2.08. The maximum Gasteiger partial charge on any atom is 0.269 e. The highest BCUT2D eigenvalue weighted by Crippen LogP contribution is 2.28. The first-order valence-electron chi connectivity index (χ1n) is 6.07. The van der Waals surface area contributed by atoms with E-state index < -0.39 is 4.92 Å². The Hall–Kier alpha value is -2.44. The minimum absolute atomic E-state index is 0.0154. The van der Waals surface area contributed by atoms with Crippen molar-refractivity contribution < 1.29 is 9.66 Å². The maximum atomic E-state index is 10.6. The first-order valence-corrected chi connectivity index (χ1v) is 6.82. The van der Waals surface area contributed by atoms with E-state index in [9.17, 15) is 10.1 Å². The molecule has 0 aliphatic rings. The fourth-order valence-electron chi connectivity index (χ4n) is 1.80. The van der Waals surface area contributed by atoms with Crippen molar-refractivity contribution in [1.29, 1.82) is 0 Å². The van der Waals surface area contributed by atoms with Crippen molar-refractivity contribution in [3.8, 4) is 11.6 Å². The van der Waals surface area contributed by atoms with Crippen LogP contribution < -0.4 is 4.74 Å². The Labute approximate surface area is 134 Å². The minimum atomic E-state index is -0.481. The number of non-ortho nitro benzene ring substituents is 1. The van der Waals surface area contributed by atoms with Gasteiger partial charge in [0.2, 0.25) is 5.88 Å². The quantitative estimate of drug-likeness (QED) is 0.514. The SMILES string of the molecule is O=[N+]([O-])c1ccc(Oc2cnc3cc(Cl)c(Cl)cc3n2)cc1. The van der Waals surface area contributed by atoms with Gasteiger partial charge in [-0.05, 0) is 24.3 Å². The molecule has 0 aliphatic carbocycles. The molecule has 0 bridgehead atoms. The van der Waals surface area contributed by atoms with Crippen LogP contribution in [-0.2, 0) is 0 Å². The van der Waals surface area contributed by atoms with Crippen LogP contribution in [0.1, 0.15) is 0 Å². The van der Waals surface area contributed by atoms with Crippen molar-refractivity contribution >= 4 is 39.9 Å². The van der Waals surface area contributed by atoms with Crippen molar-refractivity contribution in [3.63, 3.8) is 0 Å². The molecular formula is C14H7Cl2N3O3. The third kappa shape index (κ3) is 2.93. The fourth-order valence-corrected chi connectivity index (χ4v) is 2.11. The van der Waals surface area contributed by atoms with Crippen molar-refractivity contribution in [2.75, 3.05) is 0 Å². The molecule has 22 heavy (non-hydrogen) atoms. The molecule has 6 nitrogen and oxygen atoms in total. The molecule has 2 aromatic carbocycles. The third-order valence-electron chi connectivity index (χ3n) is 2.83. The summed E-state index contributed by atoms with van der Waals surface area (Å²) in [5.74, 6) is 0.666. The molecule has 0 aliphatic heterocycles. The Morgan fingerprint density at radius 3 is 2.32 bits per heavy atom. The number of nitro groups is 1. The summed E-state index contributed by atoms with van der Waals surface area (Å²) in [5, 5.41) is 11.4. The predicted molar refractivity (Wildman–Crippen MR) is 82.7 cm³/mol. The minimum Gasteiger partial charge on any atom is -0.437 e. The number of rotatable bonds is 3. The summed E-state index contributed by atoms with van der Waals surface area (Å²) >= 11 is 11.9. The summed E-state index contributed by atoms with van der Waals surface area (Å²) in [5.41, 5.74) is 1.11. The lowest BCUT2D eigenvalue weighted by atomic mass is 10.3. The number of aromatic nitrogens is 2. The highest BCUT2D eigenvalue weighted by atomic mass is 35.5. The first-order chi connectivity index (χ1) is 10.5. The van der Waals surface area contributed by atoms with E-state index in [1.807, 2.05) is 0 Å². The summed E-state index contributed by atoms with van der Waals surface area (Å²) < 4.78 is 5.52. The summed E-state index contributed by atoms with van der Waals surface area (Å²) in [6.45, 7) is 0. The first kappa shape index (κ1) is 14.5. The van der Waals surface area contributed by atoms with Crippen molar-refractivity contribution in [2.24, 2.45) is 0 Å². The van der Waals surface area contributed by atoms with Crippen LogP contribution in [0.2, 0.25) is 10.0 Å².